The normalized spacial score (nSPS) is 10.4. The zero-order valence-electron chi connectivity index (χ0n) is 14.7. The standard InChI is InChI=1S/C19H19N3O4S/c1-25-15-6-4-13(5-7-15)8-9-20-17(23)11-14-12-27-19(21-14)22-18(24)16-3-2-10-26-16/h2-7,10,12H,8-9,11H2,1H3,(H,20,23)(H,21,22,24). The second kappa shape index (κ2) is 9.00. The number of rotatable bonds is 8. The molecule has 8 heteroatoms. The molecule has 0 spiro atoms. The van der Waals surface area contributed by atoms with E-state index in [0.29, 0.717) is 17.4 Å². The van der Waals surface area contributed by atoms with E-state index in [1.54, 1.807) is 24.6 Å². The first-order valence-electron chi connectivity index (χ1n) is 8.33. The van der Waals surface area contributed by atoms with Crippen molar-refractivity contribution in [3.63, 3.8) is 0 Å². The second-order valence-corrected chi connectivity index (χ2v) is 6.56. The van der Waals surface area contributed by atoms with Gasteiger partial charge in [0.1, 0.15) is 5.75 Å². The van der Waals surface area contributed by atoms with Gasteiger partial charge in [0.05, 0.1) is 25.5 Å². The highest BCUT2D eigenvalue weighted by atomic mass is 32.1. The molecule has 0 fully saturated rings. The van der Waals surface area contributed by atoms with Crippen LogP contribution in [0.5, 0.6) is 5.75 Å². The number of furan rings is 1. The van der Waals surface area contributed by atoms with Crippen molar-refractivity contribution in [2.75, 3.05) is 19.0 Å². The van der Waals surface area contributed by atoms with Crippen LogP contribution in [0.15, 0.2) is 52.5 Å². The Morgan fingerprint density at radius 2 is 2.04 bits per heavy atom. The van der Waals surface area contributed by atoms with Gasteiger partial charge in [-0.25, -0.2) is 4.98 Å². The molecule has 0 aliphatic heterocycles. The molecule has 3 rings (SSSR count). The van der Waals surface area contributed by atoms with Crippen LogP contribution in [0.4, 0.5) is 5.13 Å². The predicted molar refractivity (Wildman–Crippen MR) is 102 cm³/mol. The number of amides is 2. The molecule has 7 nitrogen and oxygen atoms in total. The quantitative estimate of drug-likeness (QED) is 0.622. The van der Waals surface area contributed by atoms with Crippen molar-refractivity contribution in [3.8, 4) is 5.75 Å². The number of aromatic nitrogens is 1. The van der Waals surface area contributed by atoms with E-state index in [4.69, 9.17) is 9.15 Å². The molecular formula is C19H19N3O4S. The largest absolute Gasteiger partial charge is 0.497 e. The fourth-order valence-corrected chi connectivity index (χ4v) is 3.08. The van der Waals surface area contributed by atoms with E-state index in [0.717, 1.165) is 17.7 Å². The van der Waals surface area contributed by atoms with Crippen LogP contribution >= 0.6 is 11.3 Å². The fraction of sp³-hybridized carbons (Fsp3) is 0.211. The van der Waals surface area contributed by atoms with E-state index in [1.807, 2.05) is 24.3 Å². The van der Waals surface area contributed by atoms with Crippen LogP contribution in [0.25, 0.3) is 0 Å². The van der Waals surface area contributed by atoms with Gasteiger partial charge in [0.25, 0.3) is 5.91 Å². The Labute approximate surface area is 160 Å². The van der Waals surface area contributed by atoms with Gasteiger partial charge in [-0.2, -0.15) is 0 Å². The Kier molecular flexibility index (Phi) is 6.22. The molecule has 0 aliphatic rings. The van der Waals surface area contributed by atoms with Crippen molar-refractivity contribution in [1.82, 2.24) is 10.3 Å². The summed E-state index contributed by atoms with van der Waals surface area (Å²) in [6.07, 6.45) is 2.32. The summed E-state index contributed by atoms with van der Waals surface area (Å²) in [5.41, 5.74) is 1.73. The minimum absolute atomic E-state index is 0.113. The van der Waals surface area contributed by atoms with Crippen molar-refractivity contribution < 1.29 is 18.7 Å². The van der Waals surface area contributed by atoms with Crippen molar-refractivity contribution in [2.24, 2.45) is 0 Å². The van der Waals surface area contributed by atoms with Crippen LogP contribution in [-0.4, -0.2) is 30.5 Å². The van der Waals surface area contributed by atoms with Crippen molar-refractivity contribution >= 4 is 28.3 Å². The average molecular weight is 385 g/mol. The number of carbonyl (C=O) groups is 2. The maximum absolute atomic E-state index is 12.1. The van der Waals surface area contributed by atoms with Crippen LogP contribution in [0, 0.1) is 0 Å². The summed E-state index contributed by atoms with van der Waals surface area (Å²) in [7, 11) is 1.63. The molecule has 0 unspecified atom stereocenters. The number of thiazole rings is 1. The molecule has 3 aromatic rings. The molecule has 2 N–H and O–H groups in total. The zero-order valence-corrected chi connectivity index (χ0v) is 15.5. The number of hydrogen-bond acceptors (Lipinski definition) is 6. The molecule has 0 aliphatic carbocycles. The minimum atomic E-state index is -0.371. The molecule has 0 atom stereocenters. The maximum Gasteiger partial charge on any atom is 0.293 e. The lowest BCUT2D eigenvalue weighted by molar-refractivity contribution is -0.120. The lowest BCUT2D eigenvalue weighted by atomic mass is 10.1. The molecule has 1 aromatic carbocycles. The van der Waals surface area contributed by atoms with Gasteiger partial charge < -0.3 is 14.5 Å². The summed E-state index contributed by atoms with van der Waals surface area (Å²) in [6.45, 7) is 0.539. The van der Waals surface area contributed by atoms with Crippen molar-refractivity contribution in [2.45, 2.75) is 12.8 Å². The van der Waals surface area contributed by atoms with Crippen LogP contribution in [0.2, 0.25) is 0 Å². The summed E-state index contributed by atoms with van der Waals surface area (Å²) in [6, 6.07) is 10.9. The molecule has 0 radical (unpaired) electrons. The predicted octanol–water partition coefficient (Wildman–Crippen LogP) is 2.90. The Bertz CT molecular complexity index is 888. The van der Waals surface area contributed by atoms with E-state index in [-0.39, 0.29) is 24.0 Å². The highest BCUT2D eigenvalue weighted by molar-refractivity contribution is 7.14. The molecule has 27 heavy (non-hydrogen) atoms. The molecule has 0 saturated heterocycles. The Balaban J connectivity index is 1.42. The highest BCUT2D eigenvalue weighted by Gasteiger charge is 2.12. The topological polar surface area (TPSA) is 93.5 Å². The number of carbonyl (C=O) groups excluding carboxylic acids is 2. The molecule has 140 valence electrons. The number of ether oxygens (including phenoxy) is 1. The highest BCUT2D eigenvalue weighted by Crippen LogP contribution is 2.17. The number of methoxy groups -OCH3 is 1. The van der Waals surface area contributed by atoms with Crippen LogP contribution in [-0.2, 0) is 17.6 Å². The summed E-state index contributed by atoms with van der Waals surface area (Å²) < 4.78 is 10.1. The summed E-state index contributed by atoms with van der Waals surface area (Å²) in [5.74, 6) is 0.534. The molecule has 0 bridgehead atoms. The summed E-state index contributed by atoms with van der Waals surface area (Å²) >= 11 is 1.26. The van der Waals surface area contributed by atoms with Gasteiger partial charge in [-0.05, 0) is 36.2 Å². The van der Waals surface area contributed by atoms with Gasteiger partial charge in [0, 0.05) is 11.9 Å². The van der Waals surface area contributed by atoms with Gasteiger partial charge in [-0.1, -0.05) is 12.1 Å². The molecule has 0 saturated carbocycles. The minimum Gasteiger partial charge on any atom is -0.497 e. The molecule has 2 heterocycles. The Morgan fingerprint density at radius 3 is 2.74 bits per heavy atom. The number of nitrogens with one attached hydrogen (secondary N) is 2. The first-order chi connectivity index (χ1) is 13.1. The summed E-state index contributed by atoms with van der Waals surface area (Å²) in [4.78, 5) is 28.2. The SMILES string of the molecule is COc1ccc(CCNC(=O)Cc2csc(NC(=O)c3ccco3)n2)cc1. The smallest absolute Gasteiger partial charge is 0.293 e. The average Bonchev–Trinajstić information content (AvgIpc) is 3.34. The lowest BCUT2D eigenvalue weighted by Crippen LogP contribution is -2.27. The van der Waals surface area contributed by atoms with Crippen LogP contribution in [0.3, 0.4) is 0 Å². The zero-order chi connectivity index (χ0) is 19.1. The van der Waals surface area contributed by atoms with Crippen molar-refractivity contribution in [3.05, 3.63) is 65.1 Å². The number of benzene rings is 1. The number of anilines is 1. The van der Waals surface area contributed by atoms with E-state index in [1.165, 1.54) is 17.6 Å². The molecule has 2 amide bonds. The van der Waals surface area contributed by atoms with Gasteiger partial charge >= 0.3 is 0 Å². The third-order valence-electron chi connectivity index (χ3n) is 3.75. The number of nitrogens with zero attached hydrogens (tertiary/aromatic N) is 1. The van der Waals surface area contributed by atoms with Gasteiger partial charge in [-0.15, -0.1) is 11.3 Å². The van der Waals surface area contributed by atoms with E-state index in [9.17, 15) is 9.59 Å². The number of hydrogen-bond donors (Lipinski definition) is 2. The third kappa shape index (κ3) is 5.42. The van der Waals surface area contributed by atoms with E-state index in [2.05, 4.69) is 15.6 Å². The van der Waals surface area contributed by atoms with Crippen molar-refractivity contribution in [1.29, 1.82) is 0 Å². The molecule has 2 aromatic heterocycles. The van der Waals surface area contributed by atoms with Gasteiger partial charge in [0.15, 0.2) is 10.9 Å². The van der Waals surface area contributed by atoms with Gasteiger partial charge in [0.2, 0.25) is 5.91 Å². The second-order valence-electron chi connectivity index (χ2n) is 5.70. The van der Waals surface area contributed by atoms with E-state index < -0.39 is 0 Å². The first kappa shape index (κ1) is 18.7. The third-order valence-corrected chi connectivity index (χ3v) is 4.56. The Hall–Kier alpha value is -3.13. The van der Waals surface area contributed by atoms with Crippen LogP contribution < -0.4 is 15.4 Å². The lowest BCUT2D eigenvalue weighted by Gasteiger charge is -2.05. The first-order valence-corrected chi connectivity index (χ1v) is 9.21. The van der Waals surface area contributed by atoms with Crippen LogP contribution in [0.1, 0.15) is 21.8 Å². The maximum atomic E-state index is 12.1. The van der Waals surface area contributed by atoms with Gasteiger partial charge in [-0.3, -0.25) is 14.9 Å². The Morgan fingerprint density at radius 1 is 1.22 bits per heavy atom. The fourth-order valence-electron chi connectivity index (χ4n) is 2.38. The summed E-state index contributed by atoms with van der Waals surface area (Å²) in [5, 5.41) is 7.70. The monoisotopic (exact) mass is 385 g/mol. The van der Waals surface area contributed by atoms with E-state index >= 15 is 0 Å². The molecular weight excluding hydrogens is 366 g/mol.